The molecule has 0 aromatic heterocycles. The Morgan fingerprint density at radius 1 is 1.39 bits per heavy atom. The Labute approximate surface area is 168 Å². The average molecular weight is 398 g/mol. The summed E-state index contributed by atoms with van der Waals surface area (Å²) in [5.74, 6) is -0.226. The Bertz CT molecular complexity index is 981. The summed E-state index contributed by atoms with van der Waals surface area (Å²) in [4.78, 5) is 19.3. The predicted molar refractivity (Wildman–Crippen MR) is 107 cm³/mol. The van der Waals surface area contributed by atoms with Crippen LogP contribution < -0.4 is 0 Å². The van der Waals surface area contributed by atoms with Crippen LogP contribution in [-0.4, -0.2) is 47.9 Å². The Hall–Kier alpha value is -2.88. The molecule has 0 saturated carbocycles. The van der Waals surface area contributed by atoms with Crippen LogP contribution in [0.1, 0.15) is 27.9 Å². The zero-order valence-corrected chi connectivity index (χ0v) is 16.4. The summed E-state index contributed by atoms with van der Waals surface area (Å²) in [5, 5.41) is 23.2. The molecule has 1 saturated heterocycles. The van der Waals surface area contributed by atoms with E-state index in [9.17, 15) is 15.2 Å². The topological polar surface area (TPSA) is 85.9 Å². The quantitative estimate of drug-likeness (QED) is 0.801. The van der Waals surface area contributed by atoms with E-state index >= 15 is 0 Å². The van der Waals surface area contributed by atoms with E-state index in [-0.39, 0.29) is 18.6 Å². The number of nitriles is 1. The van der Waals surface area contributed by atoms with Gasteiger partial charge < -0.3 is 14.8 Å². The first-order chi connectivity index (χ1) is 13.5. The fraction of sp³-hybridized carbons (Fsp3) is 0.286. The van der Waals surface area contributed by atoms with Crippen molar-refractivity contribution in [2.45, 2.75) is 19.4 Å². The summed E-state index contributed by atoms with van der Waals surface area (Å²) in [6, 6.07) is 12.4. The lowest BCUT2D eigenvalue weighted by atomic mass is 9.96. The van der Waals surface area contributed by atoms with Gasteiger partial charge in [0.15, 0.2) is 0 Å². The number of carbonyl (C=O) groups excluding carboxylic acids is 1. The molecule has 2 aromatic rings. The standard InChI is InChI=1S/C21H20ClN3O3/c1-13-15(10-23)4-3-5-18(13)19-7-6-14(8-20(19)22)21(27)25-11-16(24-28-2)9-17(25)12-26/h3-8,17,26H,9,11-12H2,1-2H3/b24-16-/t17-/m0/s1. The summed E-state index contributed by atoms with van der Waals surface area (Å²) in [6.45, 7) is 2.02. The first-order valence-electron chi connectivity index (χ1n) is 8.80. The van der Waals surface area contributed by atoms with E-state index in [1.54, 1.807) is 29.2 Å². The van der Waals surface area contributed by atoms with Gasteiger partial charge in [-0.1, -0.05) is 35.0 Å². The number of nitrogens with zero attached hydrogens (tertiary/aromatic N) is 3. The Balaban J connectivity index is 1.92. The molecule has 0 spiro atoms. The average Bonchev–Trinajstić information content (AvgIpc) is 3.11. The fourth-order valence-electron chi connectivity index (χ4n) is 3.45. The van der Waals surface area contributed by atoms with Crippen LogP contribution in [0.15, 0.2) is 41.6 Å². The van der Waals surface area contributed by atoms with Crippen LogP contribution in [0.25, 0.3) is 11.1 Å². The molecule has 1 aliphatic rings. The van der Waals surface area contributed by atoms with E-state index in [1.807, 2.05) is 19.1 Å². The van der Waals surface area contributed by atoms with Gasteiger partial charge >= 0.3 is 0 Å². The first kappa shape index (κ1) is 19.9. The summed E-state index contributed by atoms with van der Waals surface area (Å²) in [5.41, 5.74) is 4.18. The molecule has 3 rings (SSSR count). The number of likely N-dealkylation sites (tertiary alicyclic amines) is 1. The Morgan fingerprint density at radius 2 is 2.18 bits per heavy atom. The maximum absolute atomic E-state index is 13.0. The summed E-state index contributed by atoms with van der Waals surface area (Å²) < 4.78 is 0. The van der Waals surface area contributed by atoms with Crippen LogP contribution in [0, 0.1) is 18.3 Å². The van der Waals surface area contributed by atoms with Gasteiger partial charge in [-0.25, -0.2) is 0 Å². The molecule has 6 nitrogen and oxygen atoms in total. The van der Waals surface area contributed by atoms with Crippen LogP contribution >= 0.6 is 11.6 Å². The summed E-state index contributed by atoms with van der Waals surface area (Å²) in [6.07, 6.45) is 0.474. The van der Waals surface area contributed by atoms with Gasteiger partial charge in [0.25, 0.3) is 5.91 Å². The lowest BCUT2D eigenvalue weighted by Crippen LogP contribution is -2.37. The number of aliphatic hydroxyl groups is 1. The largest absolute Gasteiger partial charge is 0.399 e. The molecule has 7 heteroatoms. The number of amides is 1. The second kappa shape index (κ2) is 8.42. The number of carbonyl (C=O) groups is 1. The van der Waals surface area contributed by atoms with Gasteiger partial charge in [-0.05, 0) is 36.2 Å². The number of hydrogen-bond donors (Lipinski definition) is 1. The maximum Gasteiger partial charge on any atom is 0.254 e. The Morgan fingerprint density at radius 3 is 2.82 bits per heavy atom. The second-order valence-electron chi connectivity index (χ2n) is 6.60. The molecule has 0 radical (unpaired) electrons. The number of aliphatic hydroxyl groups excluding tert-OH is 1. The van der Waals surface area contributed by atoms with Crippen LogP contribution in [0.3, 0.4) is 0 Å². The van der Waals surface area contributed by atoms with Gasteiger partial charge in [-0.2, -0.15) is 5.26 Å². The summed E-state index contributed by atoms with van der Waals surface area (Å²) >= 11 is 6.48. The molecule has 1 heterocycles. The van der Waals surface area contributed by atoms with Crippen molar-refractivity contribution in [1.82, 2.24) is 4.90 Å². The predicted octanol–water partition coefficient (Wildman–Crippen LogP) is 3.40. The van der Waals surface area contributed by atoms with Crippen molar-refractivity contribution in [2.24, 2.45) is 5.16 Å². The third-order valence-corrected chi connectivity index (χ3v) is 5.23. The number of oxime groups is 1. The molecule has 1 fully saturated rings. The number of halogens is 1. The molecule has 1 aliphatic heterocycles. The third-order valence-electron chi connectivity index (χ3n) is 4.92. The minimum atomic E-state index is -0.339. The molecule has 1 amide bonds. The van der Waals surface area contributed by atoms with Gasteiger partial charge in [0, 0.05) is 22.6 Å². The first-order valence-corrected chi connectivity index (χ1v) is 9.18. The maximum atomic E-state index is 13.0. The molecular formula is C21H20ClN3O3. The lowest BCUT2D eigenvalue weighted by Gasteiger charge is -2.22. The van der Waals surface area contributed by atoms with Crippen LogP contribution in [0.4, 0.5) is 0 Å². The number of rotatable bonds is 4. The SMILES string of the molecule is CO/N=C1/C[C@@H](CO)N(C(=O)c2ccc(-c3cccc(C#N)c3C)c(Cl)c2)C1. The third kappa shape index (κ3) is 3.72. The highest BCUT2D eigenvalue weighted by Gasteiger charge is 2.33. The van der Waals surface area contributed by atoms with E-state index in [2.05, 4.69) is 11.2 Å². The molecule has 0 bridgehead atoms. The van der Waals surface area contributed by atoms with Gasteiger partial charge in [0.1, 0.15) is 7.11 Å². The van der Waals surface area contributed by atoms with Gasteiger partial charge in [0.2, 0.25) is 0 Å². The van der Waals surface area contributed by atoms with Crippen LogP contribution in [0.5, 0.6) is 0 Å². The van der Waals surface area contributed by atoms with Gasteiger partial charge in [-0.3, -0.25) is 4.79 Å². The molecular weight excluding hydrogens is 378 g/mol. The van der Waals surface area contributed by atoms with Crippen molar-refractivity contribution < 1.29 is 14.7 Å². The highest BCUT2D eigenvalue weighted by atomic mass is 35.5. The van der Waals surface area contributed by atoms with E-state index in [0.717, 1.165) is 16.7 Å². The number of benzene rings is 2. The smallest absolute Gasteiger partial charge is 0.254 e. The van der Waals surface area contributed by atoms with E-state index < -0.39 is 0 Å². The van der Waals surface area contributed by atoms with E-state index in [4.69, 9.17) is 16.4 Å². The second-order valence-corrected chi connectivity index (χ2v) is 7.01. The monoisotopic (exact) mass is 397 g/mol. The van der Waals surface area contributed by atoms with Crippen molar-refractivity contribution in [3.05, 3.63) is 58.1 Å². The minimum absolute atomic E-state index is 0.152. The zero-order valence-electron chi connectivity index (χ0n) is 15.6. The normalized spacial score (nSPS) is 17.6. The molecule has 1 N–H and O–H groups in total. The van der Waals surface area contributed by atoms with Crippen LogP contribution in [-0.2, 0) is 4.84 Å². The molecule has 144 valence electrons. The molecule has 2 aromatic carbocycles. The van der Waals surface area contributed by atoms with E-state index in [0.29, 0.717) is 34.8 Å². The highest BCUT2D eigenvalue weighted by Crippen LogP contribution is 2.33. The Kier molecular flexibility index (Phi) is 5.98. The lowest BCUT2D eigenvalue weighted by molar-refractivity contribution is 0.0680. The minimum Gasteiger partial charge on any atom is -0.399 e. The fourth-order valence-corrected chi connectivity index (χ4v) is 3.73. The molecule has 28 heavy (non-hydrogen) atoms. The van der Waals surface area contributed by atoms with E-state index in [1.165, 1.54) is 7.11 Å². The van der Waals surface area contributed by atoms with Crippen molar-refractivity contribution in [2.75, 3.05) is 20.3 Å². The van der Waals surface area contributed by atoms with Crippen molar-refractivity contribution in [3.63, 3.8) is 0 Å². The van der Waals surface area contributed by atoms with Gasteiger partial charge in [-0.15, -0.1) is 0 Å². The zero-order chi connectivity index (χ0) is 20.3. The highest BCUT2D eigenvalue weighted by molar-refractivity contribution is 6.33. The van der Waals surface area contributed by atoms with Gasteiger partial charge in [0.05, 0.1) is 36.5 Å². The van der Waals surface area contributed by atoms with Crippen LogP contribution in [0.2, 0.25) is 5.02 Å². The molecule has 0 unspecified atom stereocenters. The molecule has 1 atom stereocenters. The number of hydrogen-bond acceptors (Lipinski definition) is 5. The van der Waals surface area contributed by atoms with Crippen molar-refractivity contribution in [1.29, 1.82) is 5.26 Å². The van der Waals surface area contributed by atoms with Crippen molar-refractivity contribution in [3.8, 4) is 17.2 Å². The molecule has 0 aliphatic carbocycles. The van der Waals surface area contributed by atoms with Crippen molar-refractivity contribution >= 4 is 23.2 Å². The summed E-state index contributed by atoms with van der Waals surface area (Å²) in [7, 11) is 1.45.